The van der Waals surface area contributed by atoms with Crippen LogP contribution in [0.3, 0.4) is 0 Å². The summed E-state index contributed by atoms with van der Waals surface area (Å²) < 4.78 is 5.31. The summed E-state index contributed by atoms with van der Waals surface area (Å²) in [4.78, 5) is 12.3. The molecule has 20 heavy (non-hydrogen) atoms. The van der Waals surface area contributed by atoms with E-state index >= 15 is 0 Å². The Hall–Kier alpha value is -0.220. The van der Waals surface area contributed by atoms with E-state index in [0.29, 0.717) is 23.7 Å². The highest BCUT2D eigenvalue weighted by atomic mass is 32.2. The van der Waals surface area contributed by atoms with E-state index in [9.17, 15) is 4.79 Å². The summed E-state index contributed by atoms with van der Waals surface area (Å²) in [7, 11) is 1.90. The van der Waals surface area contributed by atoms with Crippen molar-refractivity contribution < 1.29 is 9.53 Å². The zero-order valence-electron chi connectivity index (χ0n) is 13.7. The van der Waals surface area contributed by atoms with E-state index in [4.69, 9.17) is 4.74 Å². The van der Waals surface area contributed by atoms with Crippen molar-refractivity contribution in [2.45, 2.75) is 64.2 Å². The van der Waals surface area contributed by atoms with Gasteiger partial charge in [0.25, 0.3) is 0 Å². The van der Waals surface area contributed by atoms with Crippen LogP contribution < -0.4 is 5.32 Å². The van der Waals surface area contributed by atoms with Crippen LogP contribution in [0.25, 0.3) is 0 Å². The van der Waals surface area contributed by atoms with Gasteiger partial charge in [-0.1, -0.05) is 27.2 Å². The second-order valence-electron chi connectivity index (χ2n) is 6.14. The Morgan fingerprint density at radius 2 is 2.15 bits per heavy atom. The van der Waals surface area contributed by atoms with Gasteiger partial charge in [0.05, 0.1) is 6.61 Å². The fourth-order valence-electron chi connectivity index (χ4n) is 3.02. The topological polar surface area (TPSA) is 38.3 Å². The van der Waals surface area contributed by atoms with Crippen LogP contribution >= 0.6 is 11.8 Å². The maximum Gasteiger partial charge on any atom is 0.326 e. The fraction of sp³-hybridized carbons (Fsp3) is 0.938. The zero-order valence-corrected chi connectivity index (χ0v) is 14.5. The minimum Gasteiger partial charge on any atom is -0.465 e. The molecule has 0 aromatic rings. The average molecular weight is 301 g/mol. The molecule has 3 nitrogen and oxygen atoms in total. The SMILES string of the molecule is CCOC(=O)C1(NC)CCCC1CCSC(C)C(C)C. The van der Waals surface area contributed by atoms with Crippen molar-refractivity contribution in [3.05, 3.63) is 0 Å². The highest BCUT2D eigenvalue weighted by molar-refractivity contribution is 7.99. The van der Waals surface area contributed by atoms with Crippen LogP contribution in [-0.4, -0.2) is 36.2 Å². The first-order valence-electron chi connectivity index (χ1n) is 7.95. The lowest BCUT2D eigenvalue weighted by molar-refractivity contribution is -0.152. The van der Waals surface area contributed by atoms with Crippen molar-refractivity contribution in [3.8, 4) is 0 Å². The van der Waals surface area contributed by atoms with E-state index in [1.54, 1.807) is 0 Å². The van der Waals surface area contributed by atoms with Gasteiger partial charge in [-0.3, -0.25) is 4.79 Å². The van der Waals surface area contributed by atoms with E-state index < -0.39 is 5.54 Å². The van der Waals surface area contributed by atoms with Crippen molar-refractivity contribution >= 4 is 17.7 Å². The summed E-state index contributed by atoms with van der Waals surface area (Å²) in [6.07, 6.45) is 4.27. The minimum atomic E-state index is -0.433. The van der Waals surface area contributed by atoms with Gasteiger partial charge in [0.2, 0.25) is 0 Å². The third kappa shape index (κ3) is 4.14. The van der Waals surface area contributed by atoms with E-state index in [1.807, 2.05) is 25.7 Å². The molecule has 0 aliphatic heterocycles. The van der Waals surface area contributed by atoms with Gasteiger partial charge in [-0.2, -0.15) is 11.8 Å². The van der Waals surface area contributed by atoms with Gasteiger partial charge < -0.3 is 10.1 Å². The summed E-state index contributed by atoms with van der Waals surface area (Å²) >= 11 is 2.03. The number of hydrogen-bond donors (Lipinski definition) is 1. The van der Waals surface area contributed by atoms with Crippen LogP contribution in [0.2, 0.25) is 0 Å². The van der Waals surface area contributed by atoms with Gasteiger partial charge in [-0.25, -0.2) is 0 Å². The quantitative estimate of drug-likeness (QED) is 0.697. The molecule has 3 atom stereocenters. The number of likely N-dealkylation sites (N-methyl/N-ethyl adjacent to an activating group) is 1. The molecular weight excluding hydrogens is 270 g/mol. The summed E-state index contributed by atoms with van der Waals surface area (Å²) in [6.45, 7) is 9.17. The number of thioether (sulfide) groups is 1. The Labute approximate surface area is 128 Å². The van der Waals surface area contributed by atoms with Gasteiger partial charge in [-0.15, -0.1) is 0 Å². The normalized spacial score (nSPS) is 27.8. The maximum absolute atomic E-state index is 12.3. The zero-order chi connectivity index (χ0) is 15.2. The van der Waals surface area contributed by atoms with Crippen molar-refractivity contribution in [1.82, 2.24) is 5.32 Å². The molecule has 118 valence electrons. The molecule has 3 unspecified atom stereocenters. The monoisotopic (exact) mass is 301 g/mol. The minimum absolute atomic E-state index is 0.0492. The standard InChI is InChI=1S/C16H31NO2S/c1-6-19-15(18)16(17-5)10-7-8-14(16)9-11-20-13(4)12(2)3/h12-14,17H,6-11H2,1-5H3. The molecule has 1 fully saturated rings. The smallest absolute Gasteiger partial charge is 0.326 e. The fourth-order valence-corrected chi connectivity index (χ4v) is 4.19. The Morgan fingerprint density at radius 1 is 1.45 bits per heavy atom. The van der Waals surface area contributed by atoms with E-state index in [2.05, 4.69) is 26.1 Å². The third-order valence-electron chi connectivity index (χ3n) is 4.69. The van der Waals surface area contributed by atoms with E-state index in [-0.39, 0.29) is 5.97 Å². The van der Waals surface area contributed by atoms with Crippen molar-refractivity contribution in [2.24, 2.45) is 11.8 Å². The molecule has 0 heterocycles. The Balaban J connectivity index is 2.56. The van der Waals surface area contributed by atoms with Gasteiger partial charge >= 0.3 is 5.97 Å². The average Bonchev–Trinajstić information content (AvgIpc) is 2.83. The molecule has 0 radical (unpaired) electrons. The van der Waals surface area contributed by atoms with Gasteiger partial charge in [0.15, 0.2) is 0 Å². The highest BCUT2D eigenvalue weighted by Gasteiger charge is 2.48. The second-order valence-corrected chi connectivity index (χ2v) is 7.62. The lowest BCUT2D eigenvalue weighted by Gasteiger charge is -2.33. The number of carbonyl (C=O) groups excluding carboxylic acids is 1. The molecule has 1 aliphatic carbocycles. The lowest BCUT2D eigenvalue weighted by atomic mass is 9.85. The van der Waals surface area contributed by atoms with Crippen LogP contribution in [-0.2, 0) is 9.53 Å². The van der Waals surface area contributed by atoms with Crippen molar-refractivity contribution in [3.63, 3.8) is 0 Å². The first kappa shape index (κ1) is 17.8. The molecule has 0 amide bonds. The molecule has 0 bridgehead atoms. The molecule has 0 spiro atoms. The molecule has 4 heteroatoms. The molecule has 1 saturated carbocycles. The largest absolute Gasteiger partial charge is 0.465 e. The summed E-state index contributed by atoms with van der Waals surface area (Å²) in [5.74, 6) is 2.21. The van der Waals surface area contributed by atoms with E-state index in [1.165, 1.54) is 0 Å². The first-order chi connectivity index (χ1) is 9.47. The van der Waals surface area contributed by atoms with Gasteiger partial charge in [0.1, 0.15) is 5.54 Å². The van der Waals surface area contributed by atoms with Gasteiger partial charge in [0, 0.05) is 5.25 Å². The number of nitrogens with one attached hydrogen (secondary N) is 1. The molecular formula is C16H31NO2S. The summed E-state index contributed by atoms with van der Waals surface area (Å²) in [5.41, 5.74) is -0.433. The number of rotatable bonds is 8. The van der Waals surface area contributed by atoms with Crippen LogP contribution in [0.5, 0.6) is 0 Å². The number of ether oxygens (including phenoxy) is 1. The van der Waals surface area contributed by atoms with Crippen LogP contribution in [0.1, 0.15) is 53.4 Å². The van der Waals surface area contributed by atoms with Crippen LogP contribution in [0.15, 0.2) is 0 Å². The molecule has 0 aromatic heterocycles. The molecule has 1 N–H and O–H groups in total. The van der Waals surface area contributed by atoms with Crippen LogP contribution in [0.4, 0.5) is 0 Å². The third-order valence-corrected chi connectivity index (χ3v) is 6.23. The predicted molar refractivity (Wildman–Crippen MR) is 87.1 cm³/mol. The Morgan fingerprint density at radius 3 is 2.70 bits per heavy atom. The predicted octanol–water partition coefficient (Wildman–Crippen LogP) is 3.48. The Bertz CT molecular complexity index is 309. The Kier molecular flexibility index (Phi) is 7.38. The number of carbonyl (C=O) groups is 1. The summed E-state index contributed by atoms with van der Waals surface area (Å²) in [6, 6.07) is 0. The number of esters is 1. The molecule has 0 saturated heterocycles. The van der Waals surface area contributed by atoms with E-state index in [0.717, 1.165) is 31.4 Å². The molecule has 1 rings (SSSR count). The van der Waals surface area contributed by atoms with Gasteiger partial charge in [-0.05, 0) is 50.8 Å². The maximum atomic E-state index is 12.3. The van der Waals surface area contributed by atoms with Crippen molar-refractivity contribution in [1.29, 1.82) is 0 Å². The molecule has 1 aliphatic rings. The number of hydrogen-bond acceptors (Lipinski definition) is 4. The summed E-state index contributed by atoms with van der Waals surface area (Å²) in [5, 5.41) is 3.97. The van der Waals surface area contributed by atoms with Crippen molar-refractivity contribution in [2.75, 3.05) is 19.4 Å². The lowest BCUT2D eigenvalue weighted by Crippen LogP contribution is -2.54. The highest BCUT2D eigenvalue weighted by Crippen LogP contribution is 2.39. The first-order valence-corrected chi connectivity index (χ1v) is 9.00. The van der Waals surface area contributed by atoms with Crippen LogP contribution in [0, 0.1) is 11.8 Å². The molecule has 0 aromatic carbocycles. The second kappa shape index (κ2) is 8.28.